The lowest BCUT2D eigenvalue weighted by Gasteiger charge is -2.09. The van der Waals surface area contributed by atoms with Crippen molar-refractivity contribution in [2.45, 2.75) is 24.2 Å². The molecule has 3 nitrogen and oxygen atoms in total. The Labute approximate surface area is 142 Å². The fourth-order valence-corrected chi connectivity index (χ4v) is 2.75. The van der Waals surface area contributed by atoms with Gasteiger partial charge in [-0.3, -0.25) is 4.79 Å². The summed E-state index contributed by atoms with van der Waals surface area (Å²) in [6, 6.07) is 15.2. The van der Waals surface area contributed by atoms with Crippen LogP contribution in [0.3, 0.4) is 0 Å². The average Bonchev–Trinajstić information content (AvgIpc) is 2.54. The summed E-state index contributed by atoms with van der Waals surface area (Å²) in [7, 11) is 0. The molecule has 2 aromatic carbocycles. The summed E-state index contributed by atoms with van der Waals surface area (Å²) >= 11 is 1.59. The zero-order chi connectivity index (χ0) is 17.4. The molecule has 0 fully saturated rings. The van der Waals surface area contributed by atoms with Crippen molar-refractivity contribution in [1.29, 1.82) is 0 Å². The number of carbonyl (C=O) groups is 1. The third-order valence-electron chi connectivity index (χ3n) is 2.99. The molecular formula is C17H16F3NO2S. The summed E-state index contributed by atoms with van der Waals surface area (Å²) in [5.41, 5.74) is 0.702. The highest BCUT2D eigenvalue weighted by atomic mass is 32.2. The topological polar surface area (TPSA) is 38.3 Å². The molecule has 0 aliphatic carbocycles. The molecule has 0 radical (unpaired) electrons. The van der Waals surface area contributed by atoms with E-state index in [1.807, 2.05) is 30.3 Å². The van der Waals surface area contributed by atoms with Crippen LogP contribution in [0.4, 0.5) is 13.2 Å². The van der Waals surface area contributed by atoms with Gasteiger partial charge in [0.15, 0.2) is 0 Å². The fourth-order valence-electron chi connectivity index (χ4n) is 1.88. The first-order valence-electron chi connectivity index (χ1n) is 7.21. The zero-order valence-electron chi connectivity index (χ0n) is 12.7. The Kier molecular flexibility index (Phi) is 6.54. The van der Waals surface area contributed by atoms with Gasteiger partial charge in [0, 0.05) is 23.6 Å². The monoisotopic (exact) mass is 355 g/mol. The van der Waals surface area contributed by atoms with Crippen molar-refractivity contribution < 1.29 is 22.7 Å². The summed E-state index contributed by atoms with van der Waals surface area (Å²) < 4.78 is 40.0. The second kappa shape index (κ2) is 8.63. The summed E-state index contributed by atoms with van der Waals surface area (Å²) in [6.07, 6.45) is -4.33. The number of benzene rings is 2. The van der Waals surface area contributed by atoms with Gasteiger partial charge in [0.1, 0.15) is 5.75 Å². The van der Waals surface area contributed by atoms with Crippen molar-refractivity contribution in [3.8, 4) is 5.75 Å². The van der Waals surface area contributed by atoms with Gasteiger partial charge in [0.05, 0.1) is 0 Å². The molecule has 128 valence electrons. The molecule has 0 aliphatic heterocycles. The maximum absolute atomic E-state index is 12.1. The molecule has 0 aliphatic rings. The van der Waals surface area contributed by atoms with Crippen LogP contribution >= 0.6 is 11.8 Å². The predicted octanol–water partition coefficient (Wildman–Crippen LogP) is 4.38. The Bertz CT molecular complexity index is 645. The lowest BCUT2D eigenvalue weighted by Crippen LogP contribution is -2.23. The molecule has 1 amide bonds. The first-order chi connectivity index (χ1) is 11.4. The van der Waals surface area contributed by atoms with Crippen LogP contribution in [-0.2, 0) is 11.3 Å². The van der Waals surface area contributed by atoms with Crippen LogP contribution in [0.25, 0.3) is 0 Å². The lowest BCUT2D eigenvalue weighted by atomic mass is 10.2. The standard InChI is InChI=1S/C17H16F3NO2S/c18-17(19,20)23-14-8-6-13(7-9-14)12-21-16(22)10-11-24-15-4-2-1-3-5-15/h1-9H,10-12H2,(H,21,22). The van der Waals surface area contributed by atoms with Gasteiger partial charge in [-0.25, -0.2) is 0 Å². The number of thioether (sulfide) groups is 1. The van der Waals surface area contributed by atoms with E-state index < -0.39 is 6.36 Å². The zero-order valence-corrected chi connectivity index (χ0v) is 13.5. The van der Waals surface area contributed by atoms with E-state index in [4.69, 9.17) is 0 Å². The summed E-state index contributed by atoms with van der Waals surface area (Å²) in [5.74, 6) is 0.277. The van der Waals surface area contributed by atoms with E-state index in [2.05, 4.69) is 10.1 Å². The van der Waals surface area contributed by atoms with Crippen LogP contribution in [0, 0.1) is 0 Å². The highest BCUT2D eigenvalue weighted by molar-refractivity contribution is 7.99. The third kappa shape index (κ3) is 6.95. The Morgan fingerprint density at radius 3 is 2.33 bits per heavy atom. The van der Waals surface area contributed by atoms with Gasteiger partial charge >= 0.3 is 6.36 Å². The Morgan fingerprint density at radius 2 is 1.71 bits per heavy atom. The van der Waals surface area contributed by atoms with Gasteiger partial charge in [-0.2, -0.15) is 0 Å². The predicted molar refractivity (Wildman–Crippen MR) is 86.8 cm³/mol. The maximum atomic E-state index is 12.1. The molecule has 7 heteroatoms. The van der Waals surface area contributed by atoms with Crippen molar-refractivity contribution in [1.82, 2.24) is 5.32 Å². The first kappa shape index (κ1) is 18.2. The number of amides is 1. The molecule has 0 unspecified atom stereocenters. The van der Waals surface area contributed by atoms with Crippen LogP contribution in [0.5, 0.6) is 5.75 Å². The minimum Gasteiger partial charge on any atom is -0.406 e. The second-order valence-corrected chi connectivity index (χ2v) is 6.05. The quantitative estimate of drug-likeness (QED) is 0.749. The van der Waals surface area contributed by atoms with E-state index in [1.54, 1.807) is 11.8 Å². The normalized spacial score (nSPS) is 11.1. The largest absolute Gasteiger partial charge is 0.573 e. The summed E-state index contributed by atoms with van der Waals surface area (Å²) in [4.78, 5) is 12.9. The van der Waals surface area contributed by atoms with Crippen LogP contribution in [0.15, 0.2) is 59.5 Å². The van der Waals surface area contributed by atoms with Crippen molar-refractivity contribution in [2.24, 2.45) is 0 Å². The number of carbonyl (C=O) groups excluding carboxylic acids is 1. The fraction of sp³-hybridized carbons (Fsp3) is 0.235. The van der Waals surface area contributed by atoms with Gasteiger partial charge in [-0.1, -0.05) is 30.3 Å². The summed E-state index contributed by atoms with van der Waals surface area (Å²) in [6.45, 7) is 0.265. The smallest absolute Gasteiger partial charge is 0.406 e. The molecule has 0 saturated carbocycles. The minimum atomic E-state index is -4.70. The highest BCUT2D eigenvalue weighted by Gasteiger charge is 2.30. The van der Waals surface area contributed by atoms with Crippen molar-refractivity contribution in [2.75, 3.05) is 5.75 Å². The Morgan fingerprint density at radius 1 is 1.04 bits per heavy atom. The van der Waals surface area contributed by atoms with Crippen molar-refractivity contribution in [3.63, 3.8) is 0 Å². The number of hydrogen-bond acceptors (Lipinski definition) is 3. The van der Waals surface area contributed by atoms with Crippen LogP contribution < -0.4 is 10.1 Å². The molecule has 24 heavy (non-hydrogen) atoms. The van der Waals surface area contributed by atoms with E-state index in [0.29, 0.717) is 17.7 Å². The highest BCUT2D eigenvalue weighted by Crippen LogP contribution is 2.22. The molecule has 1 N–H and O–H groups in total. The Balaban J connectivity index is 1.69. The lowest BCUT2D eigenvalue weighted by molar-refractivity contribution is -0.274. The molecule has 0 bridgehead atoms. The first-order valence-corrected chi connectivity index (χ1v) is 8.20. The van der Waals surface area contributed by atoms with E-state index >= 15 is 0 Å². The number of hydrogen-bond donors (Lipinski definition) is 1. The van der Waals surface area contributed by atoms with Crippen molar-refractivity contribution in [3.05, 3.63) is 60.2 Å². The number of ether oxygens (including phenoxy) is 1. The Hall–Kier alpha value is -2.15. The van der Waals surface area contributed by atoms with Gasteiger partial charge in [0.25, 0.3) is 0 Å². The van der Waals surface area contributed by atoms with Crippen molar-refractivity contribution >= 4 is 17.7 Å². The number of halogens is 3. The van der Waals surface area contributed by atoms with Crippen LogP contribution in [0.2, 0.25) is 0 Å². The van der Waals surface area contributed by atoms with Gasteiger partial charge in [-0.15, -0.1) is 24.9 Å². The molecule has 0 aromatic heterocycles. The molecule has 2 rings (SSSR count). The van der Waals surface area contributed by atoms with Gasteiger partial charge < -0.3 is 10.1 Å². The molecular weight excluding hydrogens is 339 g/mol. The SMILES string of the molecule is O=C(CCSc1ccccc1)NCc1ccc(OC(F)(F)F)cc1. The van der Waals surface area contributed by atoms with Gasteiger partial charge in [-0.05, 0) is 29.8 Å². The van der Waals surface area contributed by atoms with E-state index in [-0.39, 0.29) is 18.2 Å². The minimum absolute atomic E-state index is 0.103. The number of alkyl halides is 3. The molecule has 0 spiro atoms. The molecule has 0 heterocycles. The third-order valence-corrected chi connectivity index (χ3v) is 4.00. The number of nitrogens with one attached hydrogen (secondary N) is 1. The van der Waals surface area contributed by atoms with E-state index in [0.717, 1.165) is 4.90 Å². The maximum Gasteiger partial charge on any atom is 0.573 e. The van der Waals surface area contributed by atoms with Crippen LogP contribution in [-0.4, -0.2) is 18.0 Å². The molecule has 0 atom stereocenters. The average molecular weight is 355 g/mol. The van der Waals surface area contributed by atoms with E-state index in [9.17, 15) is 18.0 Å². The summed E-state index contributed by atoms with van der Waals surface area (Å²) in [5, 5.41) is 2.74. The van der Waals surface area contributed by atoms with Gasteiger partial charge in [0.2, 0.25) is 5.91 Å². The van der Waals surface area contributed by atoms with Crippen LogP contribution in [0.1, 0.15) is 12.0 Å². The molecule has 2 aromatic rings. The second-order valence-electron chi connectivity index (χ2n) is 4.88. The number of rotatable bonds is 7. The molecule has 0 saturated heterocycles. The van der Waals surface area contributed by atoms with E-state index in [1.165, 1.54) is 24.3 Å².